The van der Waals surface area contributed by atoms with Crippen LogP contribution in [0.4, 0.5) is 0 Å². The van der Waals surface area contributed by atoms with E-state index in [-0.39, 0.29) is 0 Å². The summed E-state index contributed by atoms with van der Waals surface area (Å²) in [6.07, 6.45) is 17.8. The van der Waals surface area contributed by atoms with Gasteiger partial charge in [-0.05, 0) is 36.8 Å². The van der Waals surface area contributed by atoms with Crippen molar-refractivity contribution in [3.05, 3.63) is 35.4 Å². The number of hydrogen-bond donors (Lipinski definition) is 0. The minimum Gasteiger partial charge on any atom is -0.0654 e. The molecule has 0 amide bonds. The van der Waals surface area contributed by atoms with Gasteiger partial charge < -0.3 is 0 Å². The molecule has 0 heterocycles. The molecular formula is C21H36. The van der Waals surface area contributed by atoms with Gasteiger partial charge in [0, 0.05) is 0 Å². The summed E-state index contributed by atoms with van der Waals surface area (Å²) in [6, 6.07) is 9.42. The molecule has 1 aromatic carbocycles. The molecule has 0 N–H and O–H groups in total. The molecule has 0 aliphatic rings. The quantitative estimate of drug-likeness (QED) is 0.339. The van der Waals surface area contributed by atoms with E-state index in [2.05, 4.69) is 38.1 Å². The Hall–Kier alpha value is -0.780. The summed E-state index contributed by atoms with van der Waals surface area (Å²) in [7, 11) is 0. The molecule has 0 spiro atoms. The second-order valence-corrected chi connectivity index (χ2v) is 6.50. The first-order valence-corrected chi connectivity index (χ1v) is 9.44. The van der Waals surface area contributed by atoms with E-state index in [9.17, 15) is 0 Å². The summed E-state index contributed by atoms with van der Waals surface area (Å²) in [4.78, 5) is 0. The van der Waals surface area contributed by atoms with Gasteiger partial charge in [-0.3, -0.25) is 0 Å². The highest BCUT2D eigenvalue weighted by Crippen LogP contribution is 2.13. The minimum atomic E-state index is 1.26. The second-order valence-electron chi connectivity index (χ2n) is 6.50. The Bertz CT molecular complexity index is 322. The summed E-state index contributed by atoms with van der Waals surface area (Å²) in [6.45, 7) is 4.56. The molecule has 0 aromatic heterocycles. The maximum Gasteiger partial charge on any atom is -0.0279 e. The first kappa shape index (κ1) is 18.3. The van der Waals surface area contributed by atoms with E-state index < -0.39 is 0 Å². The highest BCUT2D eigenvalue weighted by atomic mass is 14.0. The van der Waals surface area contributed by atoms with Gasteiger partial charge in [0.05, 0.1) is 0 Å². The van der Waals surface area contributed by atoms with Crippen molar-refractivity contribution in [2.45, 2.75) is 97.3 Å². The molecule has 1 aromatic rings. The zero-order chi connectivity index (χ0) is 15.2. The van der Waals surface area contributed by atoms with Crippen molar-refractivity contribution >= 4 is 0 Å². The zero-order valence-corrected chi connectivity index (χ0v) is 14.5. The van der Waals surface area contributed by atoms with Crippen molar-refractivity contribution in [1.29, 1.82) is 0 Å². The van der Waals surface area contributed by atoms with E-state index >= 15 is 0 Å². The zero-order valence-electron chi connectivity index (χ0n) is 14.5. The molecular weight excluding hydrogens is 252 g/mol. The Balaban J connectivity index is 2.09. The molecule has 0 bridgehead atoms. The molecule has 0 nitrogen and oxygen atoms in total. The number of hydrogen-bond acceptors (Lipinski definition) is 0. The van der Waals surface area contributed by atoms with Gasteiger partial charge in [-0.2, -0.15) is 0 Å². The topological polar surface area (TPSA) is 0 Å². The van der Waals surface area contributed by atoms with Crippen molar-refractivity contribution in [2.75, 3.05) is 0 Å². The Kier molecular flexibility index (Phi) is 11.2. The van der Waals surface area contributed by atoms with Crippen LogP contribution in [0.2, 0.25) is 0 Å². The lowest BCUT2D eigenvalue weighted by molar-refractivity contribution is 0.607. The number of aryl methyl sites for hydroxylation is 2. The van der Waals surface area contributed by atoms with Crippen molar-refractivity contribution in [2.24, 2.45) is 0 Å². The van der Waals surface area contributed by atoms with Crippen LogP contribution in [0.25, 0.3) is 0 Å². The molecule has 0 saturated carbocycles. The van der Waals surface area contributed by atoms with E-state index in [4.69, 9.17) is 0 Å². The smallest absolute Gasteiger partial charge is 0.0279 e. The fraction of sp³-hybridized carbons (Fsp3) is 0.714. The maximum absolute atomic E-state index is 2.35. The van der Waals surface area contributed by atoms with Gasteiger partial charge >= 0.3 is 0 Å². The van der Waals surface area contributed by atoms with Crippen LogP contribution >= 0.6 is 0 Å². The third-order valence-corrected chi connectivity index (χ3v) is 4.41. The van der Waals surface area contributed by atoms with E-state index in [1.807, 2.05) is 0 Å². The molecule has 0 heteroatoms. The maximum atomic E-state index is 2.35. The molecule has 0 aliphatic heterocycles. The van der Waals surface area contributed by atoms with E-state index in [0.717, 1.165) is 0 Å². The molecule has 0 aliphatic carbocycles. The highest BCUT2D eigenvalue weighted by Gasteiger charge is 1.97. The van der Waals surface area contributed by atoms with Crippen molar-refractivity contribution in [3.63, 3.8) is 0 Å². The van der Waals surface area contributed by atoms with Gasteiger partial charge in [-0.15, -0.1) is 0 Å². The van der Waals surface area contributed by atoms with Crippen LogP contribution in [0, 0.1) is 0 Å². The van der Waals surface area contributed by atoms with Gasteiger partial charge in [0.1, 0.15) is 0 Å². The van der Waals surface area contributed by atoms with Crippen LogP contribution in [0.5, 0.6) is 0 Å². The first-order chi connectivity index (χ1) is 10.4. The van der Waals surface area contributed by atoms with Crippen LogP contribution in [-0.2, 0) is 12.8 Å². The molecule has 0 saturated heterocycles. The van der Waals surface area contributed by atoms with Crippen molar-refractivity contribution in [1.82, 2.24) is 0 Å². The first-order valence-electron chi connectivity index (χ1n) is 9.44. The average Bonchev–Trinajstić information content (AvgIpc) is 2.52. The van der Waals surface area contributed by atoms with Crippen molar-refractivity contribution < 1.29 is 0 Å². The van der Waals surface area contributed by atoms with Crippen LogP contribution in [0.15, 0.2) is 24.3 Å². The second kappa shape index (κ2) is 12.9. The normalized spacial score (nSPS) is 11.0. The predicted octanol–water partition coefficient (Wildman–Crippen LogP) is 7.10. The van der Waals surface area contributed by atoms with Crippen LogP contribution in [0.1, 0.15) is 95.6 Å². The molecule has 0 unspecified atom stereocenters. The molecule has 0 radical (unpaired) electrons. The third-order valence-electron chi connectivity index (χ3n) is 4.41. The molecule has 120 valence electrons. The average molecular weight is 289 g/mol. The van der Waals surface area contributed by atoms with E-state index in [1.165, 1.54) is 94.6 Å². The standard InChI is InChI=1S/C21H36/c1-3-5-7-9-11-13-15-21-18-16-20(17-19-21)14-12-10-8-6-4-2/h16-19H,3-15H2,1-2H3. The fourth-order valence-corrected chi connectivity index (χ4v) is 2.91. The van der Waals surface area contributed by atoms with Gasteiger partial charge in [0.15, 0.2) is 0 Å². The van der Waals surface area contributed by atoms with Crippen LogP contribution < -0.4 is 0 Å². The van der Waals surface area contributed by atoms with Gasteiger partial charge in [0.2, 0.25) is 0 Å². The minimum absolute atomic E-state index is 1.26. The van der Waals surface area contributed by atoms with Crippen molar-refractivity contribution in [3.8, 4) is 0 Å². The lowest BCUT2D eigenvalue weighted by atomic mass is 10.0. The van der Waals surface area contributed by atoms with Gasteiger partial charge in [-0.1, -0.05) is 95.9 Å². The Labute approximate surface area is 133 Å². The molecule has 0 fully saturated rings. The van der Waals surface area contributed by atoms with Crippen LogP contribution in [0.3, 0.4) is 0 Å². The summed E-state index contributed by atoms with van der Waals surface area (Å²) in [5.74, 6) is 0. The largest absolute Gasteiger partial charge is 0.0654 e. The molecule has 1 rings (SSSR count). The van der Waals surface area contributed by atoms with Crippen LogP contribution in [-0.4, -0.2) is 0 Å². The number of benzene rings is 1. The third kappa shape index (κ3) is 9.72. The lowest BCUT2D eigenvalue weighted by Gasteiger charge is -2.05. The molecule has 0 atom stereocenters. The van der Waals surface area contributed by atoms with Gasteiger partial charge in [0.25, 0.3) is 0 Å². The Morgan fingerprint density at radius 1 is 0.476 bits per heavy atom. The Morgan fingerprint density at radius 3 is 1.19 bits per heavy atom. The monoisotopic (exact) mass is 288 g/mol. The summed E-state index contributed by atoms with van der Waals surface area (Å²) in [5.41, 5.74) is 3.05. The Morgan fingerprint density at radius 2 is 0.810 bits per heavy atom. The van der Waals surface area contributed by atoms with E-state index in [0.29, 0.717) is 0 Å². The number of rotatable bonds is 13. The highest BCUT2D eigenvalue weighted by molar-refractivity contribution is 5.22. The van der Waals surface area contributed by atoms with E-state index in [1.54, 1.807) is 0 Å². The SMILES string of the molecule is CCCCCCCCc1ccc(CCCCCCC)cc1. The molecule has 21 heavy (non-hydrogen) atoms. The summed E-state index contributed by atoms with van der Waals surface area (Å²) in [5, 5.41) is 0. The predicted molar refractivity (Wildman–Crippen MR) is 96.0 cm³/mol. The fourth-order valence-electron chi connectivity index (χ4n) is 2.91. The van der Waals surface area contributed by atoms with Gasteiger partial charge in [-0.25, -0.2) is 0 Å². The summed E-state index contributed by atoms with van der Waals surface area (Å²) < 4.78 is 0. The lowest BCUT2D eigenvalue weighted by Crippen LogP contribution is -1.89. The summed E-state index contributed by atoms with van der Waals surface area (Å²) >= 11 is 0. The number of unbranched alkanes of at least 4 members (excludes halogenated alkanes) is 9.